The van der Waals surface area contributed by atoms with Gasteiger partial charge in [-0.2, -0.15) is 5.26 Å². The standard InChI is InChI=1S/C23H28N2O2S/c1-17-4-2-3-10-25(17)21-8-7-19-12-18(5-6-20(19)14-21)13-23(15-24)28-11-9-22(27)16-26/h5-8,12-14,17,22,26-27H,2-4,9-11,16H2,1H3/b23-13+. The van der Waals surface area contributed by atoms with Gasteiger partial charge in [0.15, 0.2) is 0 Å². The average molecular weight is 397 g/mol. The predicted molar refractivity (Wildman–Crippen MR) is 118 cm³/mol. The quantitative estimate of drug-likeness (QED) is 0.672. The molecule has 2 aromatic rings. The first-order valence-electron chi connectivity index (χ1n) is 9.94. The van der Waals surface area contributed by atoms with Gasteiger partial charge in [-0.1, -0.05) is 18.2 Å². The first kappa shape index (κ1) is 20.7. The molecule has 2 N–H and O–H groups in total. The number of hydrogen-bond donors (Lipinski definition) is 2. The van der Waals surface area contributed by atoms with Crippen molar-refractivity contribution < 1.29 is 10.2 Å². The van der Waals surface area contributed by atoms with E-state index < -0.39 is 6.10 Å². The number of nitriles is 1. The molecule has 0 radical (unpaired) electrons. The number of allylic oxidation sites excluding steroid dienone is 1. The zero-order chi connectivity index (χ0) is 19.9. The molecule has 2 unspecified atom stereocenters. The fourth-order valence-electron chi connectivity index (χ4n) is 3.66. The second-order valence-corrected chi connectivity index (χ2v) is 8.56. The fourth-order valence-corrected chi connectivity index (χ4v) is 4.55. The highest BCUT2D eigenvalue weighted by Gasteiger charge is 2.18. The lowest BCUT2D eigenvalue weighted by atomic mass is 10.0. The van der Waals surface area contributed by atoms with Gasteiger partial charge >= 0.3 is 0 Å². The zero-order valence-electron chi connectivity index (χ0n) is 16.3. The molecule has 0 spiro atoms. The monoisotopic (exact) mass is 396 g/mol. The minimum absolute atomic E-state index is 0.241. The van der Waals surface area contributed by atoms with Gasteiger partial charge in [0.25, 0.3) is 0 Å². The summed E-state index contributed by atoms with van der Waals surface area (Å²) >= 11 is 1.41. The molecule has 0 aromatic heterocycles. The summed E-state index contributed by atoms with van der Waals surface area (Å²) in [5, 5.41) is 30.0. The molecule has 0 saturated carbocycles. The molecule has 2 aromatic carbocycles. The Balaban J connectivity index is 1.74. The van der Waals surface area contributed by atoms with Crippen LogP contribution in [-0.4, -0.2) is 41.3 Å². The van der Waals surface area contributed by atoms with Crippen LogP contribution >= 0.6 is 11.8 Å². The van der Waals surface area contributed by atoms with E-state index in [1.54, 1.807) is 0 Å². The van der Waals surface area contributed by atoms with Crippen molar-refractivity contribution >= 4 is 34.3 Å². The van der Waals surface area contributed by atoms with Crippen LogP contribution in [0.25, 0.3) is 16.8 Å². The lowest BCUT2D eigenvalue weighted by Gasteiger charge is -2.35. The molecule has 2 atom stereocenters. The molecule has 3 rings (SSSR count). The number of benzene rings is 2. The summed E-state index contributed by atoms with van der Waals surface area (Å²) in [5.41, 5.74) is 2.29. The Labute approximate surface area is 171 Å². The molecule has 0 aliphatic carbocycles. The van der Waals surface area contributed by atoms with Crippen LogP contribution in [0.2, 0.25) is 0 Å². The number of hydrogen-bond acceptors (Lipinski definition) is 5. The molecule has 148 valence electrons. The van der Waals surface area contributed by atoms with E-state index in [4.69, 9.17) is 5.11 Å². The lowest BCUT2D eigenvalue weighted by Crippen LogP contribution is -2.37. The van der Waals surface area contributed by atoms with E-state index in [1.807, 2.05) is 12.1 Å². The van der Waals surface area contributed by atoms with Crippen molar-refractivity contribution in [1.29, 1.82) is 5.26 Å². The van der Waals surface area contributed by atoms with Gasteiger partial charge in [-0.25, -0.2) is 0 Å². The van der Waals surface area contributed by atoms with Crippen molar-refractivity contribution in [3.63, 3.8) is 0 Å². The normalized spacial score (nSPS) is 18.9. The molecule has 0 amide bonds. The van der Waals surface area contributed by atoms with Crippen LogP contribution in [0.4, 0.5) is 5.69 Å². The Morgan fingerprint density at radius 3 is 2.82 bits per heavy atom. The molecule has 4 nitrogen and oxygen atoms in total. The van der Waals surface area contributed by atoms with Crippen molar-refractivity contribution in [2.45, 2.75) is 44.8 Å². The van der Waals surface area contributed by atoms with Crippen LogP contribution in [-0.2, 0) is 0 Å². The van der Waals surface area contributed by atoms with Crippen molar-refractivity contribution in [3.8, 4) is 6.07 Å². The van der Waals surface area contributed by atoms with Crippen molar-refractivity contribution in [3.05, 3.63) is 46.9 Å². The van der Waals surface area contributed by atoms with Gasteiger partial charge in [0, 0.05) is 24.0 Å². The minimum Gasteiger partial charge on any atom is -0.394 e. The highest BCUT2D eigenvalue weighted by Crippen LogP contribution is 2.29. The van der Waals surface area contributed by atoms with Gasteiger partial charge in [-0.3, -0.25) is 0 Å². The van der Waals surface area contributed by atoms with E-state index in [2.05, 4.69) is 48.2 Å². The number of fused-ring (bicyclic) bond motifs is 1. The number of aliphatic hydroxyl groups is 2. The number of thioether (sulfide) groups is 1. The third kappa shape index (κ3) is 5.29. The Morgan fingerprint density at radius 2 is 2.07 bits per heavy atom. The second-order valence-electron chi connectivity index (χ2n) is 7.42. The second kappa shape index (κ2) is 9.97. The molecule has 28 heavy (non-hydrogen) atoms. The van der Waals surface area contributed by atoms with Gasteiger partial charge in [0.2, 0.25) is 0 Å². The Kier molecular flexibility index (Phi) is 7.38. The average Bonchev–Trinajstić information content (AvgIpc) is 2.72. The zero-order valence-corrected chi connectivity index (χ0v) is 17.2. The van der Waals surface area contributed by atoms with Crippen LogP contribution in [0, 0.1) is 11.3 Å². The summed E-state index contributed by atoms with van der Waals surface area (Å²) in [4.78, 5) is 3.12. The predicted octanol–water partition coefficient (Wildman–Crippen LogP) is 4.56. The van der Waals surface area contributed by atoms with Crippen LogP contribution in [0.3, 0.4) is 0 Å². The Hall–Kier alpha value is -2.00. The van der Waals surface area contributed by atoms with E-state index in [0.717, 1.165) is 12.1 Å². The third-order valence-electron chi connectivity index (χ3n) is 5.31. The summed E-state index contributed by atoms with van der Waals surface area (Å²) in [6, 6.07) is 15.7. The van der Waals surface area contributed by atoms with Crippen LogP contribution in [0.1, 0.15) is 38.2 Å². The molecule has 1 aliphatic rings. The summed E-state index contributed by atoms with van der Waals surface area (Å²) in [7, 11) is 0. The molecular weight excluding hydrogens is 368 g/mol. The third-order valence-corrected chi connectivity index (χ3v) is 6.27. The number of rotatable bonds is 7. The largest absolute Gasteiger partial charge is 0.394 e. The van der Waals surface area contributed by atoms with E-state index in [-0.39, 0.29) is 6.61 Å². The van der Waals surface area contributed by atoms with Gasteiger partial charge < -0.3 is 15.1 Å². The highest BCUT2D eigenvalue weighted by molar-refractivity contribution is 8.03. The minimum atomic E-state index is -0.718. The maximum Gasteiger partial charge on any atom is 0.106 e. The van der Waals surface area contributed by atoms with Gasteiger partial charge in [0.05, 0.1) is 17.6 Å². The maximum absolute atomic E-state index is 9.42. The molecule has 0 bridgehead atoms. The number of nitrogens with zero attached hydrogens (tertiary/aromatic N) is 2. The van der Waals surface area contributed by atoms with Crippen molar-refractivity contribution in [2.24, 2.45) is 0 Å². The SMILES string of the molecule is CC1CCCCN1c1ccc2cc(/C=C(\C#N)SCCC(O)CO)ccc2c1. The molecule has 1 fully saturated rings. The summed E-state index contributed by atoms with van der Waals surface area (Å²) < 4.78 is 0. The maximum atomic E-state index is 9.42. The van der Waals surface area contributed by atoms with Gasteiger partial charge in [-0.05, 0) is 73.2 Å². The summed E-state index contributed by atoms with van der Waals surface area (Å²) in [6.45, 7) is 3.19. The smallest absolute Gasteiger partial charge is 0.106 e. The van der Waals surface area contributed by atoms with Gasteiger partial charge in [0.1, 0.15) is 6.07 Å². The van der Waals surface area contributed by atoms with Crippen LogP contribution in [0.5, 0.6) is 0 Å². The van der Waals surface area contributed by atoms with E-state index >= 15 is 0 Å². The molecule has 1 saturated heterocycles. The topological polar surface area (TPSA) is 67.5 Å². The Bertz CT molecular complexity index is 875. The first-order valence-corrected chi connectivity index (χ1v) is 10.9. The van der Waals surface area contributed by atoms with Gasteiger partial charge in [-0.15, -0.1) is 11.8 Å². The molecule has 1 aliphatic heterocycles. The summed E-state index contributed by atoms with van der Waals surface area (Å²) in [6.07, 6.45) is 5.47. The lowest BCUT2D eigenvalue weighted by molar-refractivity contribution is 0.0932. The summed E-state index contributed by atoms with van der Waals surface area (Å²) in [5.74, 6) is 0.603. The number of aliphatic hydroxyl groups excluding tert-OH is 2. The van der Waals surface area contributed by atoms with E-state index in [9.17, 15) is 10.4 Å². The van der Waals surface area contributed by atoms with Crippen molar-refractivity contribution in [1.82, 2.24) is 0 Å². The highest BCUT2D eigenvalue weighted by atomic mass is 32.2. The molecule has 5 heteroatoms. The van der Waals surface area contributed by atoms with E-state index in [1.165, 1.54) is 47.5 Å². The number of anilines is 1. The Morgan fingerprint density at radius 1 is 1.29 bits per heavy atom. The van der Waals surface area contributed by atoms with Crippen LogP contribution in [0.15, 0.2) is 41.3 Å². The first-order chi connectivity index (χ1) is 13.6. The molecule has 1 heterocycles. The van der Waals surface area contributed by atoms with Crippen molar-refractivity contribution in [2.75, 3.05) is 23.8 Å². The number of piperidine rings is 1. The van der Waals surface area contributed by atoms with E-state index in [0.29, 0.717) is 23.1 Å². The fraction of sp³-hybridized carbons (Fsp3) is 0.435. The van der Waals surface area contributed by atoms with Crippen LogP contribution < -0.4 is 4.90 Å². The molecular formula is C23H28N2O2S.